The second-order valence-corrected chi connectivity index (χ2v) is 5.57. The van der Waals surface area contributed by atoms with E-state index in [0.717, 1.165) is 27.4 Å². The summed E-state index contributed by atoms with van der Waals surface area (Å²) >= 11 is 1.65. The normalized spacial score (nSPS) is 10.2. The van der Waals surface area contributed by atoms with Crippen molar-refractivity contribution in [2.75, 3.05) is 16.9 Å². The van der Waals surface area contributed by atoms with Crippen molar-refractivity contribution in [2.24, 2.45) is 0 Å². The minimum Gasteiger partial charge on any atom is -0.308 e. The highest BCUT2D eigenvalue weighted by Gasteiger charge is 2.04. The van der Waals surface area contributed by atoms with Crippen LogP contribution in [0.5, 0.6) is 0 Å². The van der Waals surface area contributed by atoms with E-state index in [2.05, 4.69) is 16.7 Å². The number of carbonyl (C=O) groups is 1. The molecule has 2 amide bonds. The molecule has 0 heterocycles. The summed E-state index contributed by atoms with van der Waals surface area (Å²) in [5, 5.41) is 5.69. The van der Waals surface area contributed by atoms with Crippen LogP contribution in [0, 0.1) is 13.8 Å². The zero-order valence-corrected chi connectivity index (χ0v) is 12.7. The first-order chi connectivity index (χ1) is 9.56. The SMILES string of the molecule is CSc1cccc(NC(=O)Nc2cc(C)cc(C)c2)c1. The lowest BCUT2D eigenvalue weighted by molar-refractivity contribution is 0.262. The van der Waals surface area contributed by atoms with Crippen molar-refractivity contribution in [3.8, 4) is 0 Å². The first-order valence-corrected chi connectivity index (χ1v) is 7.59. The molecule has 0 aliphatic rings. The smallest absolute Gasteiger partial charge is 0.308 e. The maximum absolute atomic E-state index is 12.0. The summed E-state index contributed by atoms with van der Waals surface area (Å²) in [4.78, 5) is 13.1. The van der Waals surface area contributed by atoms with Crippen LogP contribution in [-0.2, 0) is 0 Å². The molecule has 2 aromatic rings. The van der Waals surface area contributed by atoms with Gasteiger partial charge < -0.3 is 10.6 Å². The molecule has 0 aliphatic carbocycles. The molecular formula is C16H18N2OS. The molecule has 2 rings (SSSR count). The predicted molar refractivity (Wildman–Crippen MR) is 86.8 cm³/mol. The molecule has 0 bridgehead atoms. The second-order valence-electron chi connectivity index (χ2n) is 4.69. The highest BCUT2D eigenvalue weighted by molar-refractivity contribution is 7.98. The standard InChI is InChI=1S/C16H18N2OS/c1-11-7-12(2)9-14(8-11)18-16(19)17-13-5-4-6-15(10-13)20-3/h4-10H,1-3H3,(H2,17,18,19). The number of urea groups is 1. The molecule has 0 saturated heterocycles. The van der Waals surface area contributed by atoms with Crippen LogP contribution in [0.2, 0.25) is 0 Å². The van der Waals surface area contributed by atoms with E-state index in [-0.39, 0.29) is 6.03 Å². The number of nitrogens with one attached hydrogen (secondary N) is 2. The van der Waals surface area contributed by atoms with Crippen molar-refractivity contribution >= 4 is 29.2 Å². The highest BCUT2D eigenvalue weighted by atomic mass is 32.2. The van der Waals surface area contributed by atoms with Crippen molar-refractivity contribution < 1.29 is 4.79 Å². The molecule has 0 atom stereocenters. The quantitative estimate of drug-likeness (QED) is 0.805. The van der Waals surface area contributed by atoms with Gasteiger partial charge in [0.1, 0.15) is 0 Å². The van der Waals surface area contributed by atoms with E-state index in [0.29, 0.717) is 0 Å². The molecule has 0 aromatic heterocycles. The third-order valence-electron chi connectivity index (χ3n) is 2.81. The summed E-state index contributed by atoms with van der Waals surface area (Å²) in [6.07, 6.45) is 2.01. The van der Waals surface area contributed by atoms with E-state index in [1.807, 2.05) is 56.5 Å². The van der Waals surface area contributed by atoms with Gasteiger partial charge in [-0.05, 0) is 61.6 Å². The fourth-order valence-corrected chi connectivity index (χ4v) is 2.50. The summed E-state index contributed by atoms with van der Waals surface area (Å²) < 4.78 is 0. The van der Waals surface area contributed by atoms with E-state index in [1.54, 1.807) is 11.8 Å². The van der Waals surface area contributed by atoms with Gasteiger partial charge in [0.25, 0.3) is 0 Å². The Morgan fingerprint density at radius 1 is 0.950 bits per heavy atom. The van der Waals surface area contributed by atoms with Crippen LogP contribution >= 0.6 is 11.8 Å². The lowest BCUT2D eigenvalue weighted by Crippen LogP contribution is -2.19. The molecule has 0 fully saturated rings. The number of rotatable bonds is 3. The molecule has 0 saturated carbocycles. The van der Waals surface area contributed by atoms with Crippen molar-refractivity contribution in [1.82, 2.24) is 0 Å². The van der Waals surface area contributed by atoms with Gasteiger partial charge in [-0.15, -0.1) is 11.8 Å². The summed E-state index contributed by atoms with van der Waals surface area (Å²) in [5.74, 6) is 0. The van der Waals surface area contributed by atoms with Crippen molar-refractivity contribution in [1.29, 1.82) is 0 Å². The van der Waals surface area contributed by atoms with E-state index in [1.165, 1.54) is 0 Å². The topological polar surface area (TPSA) is 41.1 Å². The molecule has 3 nitrogen and oxygen atoms in total. The first-order valence-electron chi connectivity index (χ1n) is 6.37. The van der Waals surface area contributed by atoms with E-state index in [4.69, 9.17) is 0 Å². The van der Waals surface area contributed by atoms with Gasteiger partial charge >= 0.3 is 6.03 Å². The Labute approximate surface area is 123 Å². The number of anilines is 2. The number of thioether (sulfide) groups is 1. The third-order valence-corrected chi connectivity index (χ3v) is 3.53. The highest BCUT2D eigenvalue weighted by Crippen LogP contribution is 2.19. The Kier molecular flexibility index (Phi) is 4.69. The molecule has 104 valence electrons. The van der Waals surface area contributed by atoms with Gasteiger partial charge in [-0.1, -0.05) is 12.1 Å². The van der Waals surface area contributed by atoms with Gasteiger partial charge in [-0.2, -0.15) is 0 Å². The number of carbonyl (C=O) groups excluding carboxylic acids is 1. The van der Waals surface area contributed by atoms with E-state index >= 15 is 0 Å². The van der Waals surface area contributed by atoms with Crippen LogP contribution in [0.15, 0.2) is 47.4 Å². The zero-order valence-electron chi connectivity index (χ0n) is 11.9. The van der Waals surface area contributed by atoms with Gasteiger partial charge in [0.2, 0.25) is 0 Å². The second kappa shape index (κ2) is 6.48. The van der Waals surface area contributed by atoms with Crippen LogP contribution in [0.1, 0.15) is 11.1 Å². The monoisotopic (exact) mass is 286 g/mol. The molecule has 2 aromatic carbocycles. The van der Waals surface area contributed by atoms with Crippen LogP contribution in [-0.4, -0.2) is 12.3 Å². The first kappa shape index (κ1) is 14.5. The largest absolute Gasteiger partial charge is 0.323 e. The summed E-state index contributed by atoms with van der Waals surface area (Å²) in [5.41, 5.74) is 3.86. The van der Waals surface area contributed by atoms with Gasteiger partial charge in [0, 0.05) is 16.3 Å². The lowest BCUT2D eigenvalue weighted by atomic mass is 10.1. The minimum absolute atomic E-state index is 0.228. The average Bonchev–Trinajstić information content (AvgIpc) is 2.37. The minimum atomic E-state index is -0.228. The number of hydrogen-bond donors (Lipinski definition) is 2. The lowest BCUT2D eigenvalue weighted by Gasteiger charge is -2.10. The van der Waals surface area contributed by atoms with E-state index < -0.39 is 0 Å². The Bertz CT molecular complexity index is 605. The molecule has 20 heavy (non-hydrogen) atoms. The molecule has 4 heteroatoms. The molecule has 0 spiro atoms. The number of aryl methyl sites for hydroxylation is 2. The van der Waals surface area contributed by atoms with Crippen LogP contribution < -0.4 is 10.6 Å². The fraction of sp³-hybridized carbons (Fsp3) is 0.188. The molecular weight excluding hydrogens is 268 g/mol. The number of hydrogen-bond acceptors (Lipinski definition) is 2. The van der Waals surface area contributed by atoms with Crippen molar-refractivity contribution in [3.63, 3.8) is 0 Å². The Morgan fingerprint density at radius 3 is 2.25 bits per heavy atom. The molecule has 0 aliphatic heterocycles. The summed E-state index contributed by atoms with van der Waals surface area (Å²) in [7, 11) is 0. The maximum atomic E-state index is 12.0. The van der Waals surface area contributed by atoms with Crippen LogP contribution in [0.4, 0.5) is 16.2 Å². The summed E-state index contributed by atoms with van der Waals surface area (Å²) in [6, 6.07) is 13.5. The van der Waals surface area contributed by atoms with Gasteiger partial charge in [-0.25, -0.2) is 4.79 Å². The Morgan fingerprint density at radius 2 is 1.60 bits per heavy atom. The van der Waals surface area contributed by atoms with Crippen LogP contribution in [0.3, 0.4) is 0 Å². The fourth-order valence-electron chi connectivity index (χ4n) is 2.04. The van der Waals surface area contributed by atoms with Gasteiger partial charge in [0.15, 0.2) is 0 Å². The predicted octanol–water partition coefficient (Wildman–Crippen LogP) is 4.67. The number of amides is 2. The average molecular weight is 286 g/mol. The van der Waals surface area contributed by atoms with Gasteiger partial charge in [-0.3, -0.25) is 0 Å². The van der Waals surface area contributed by atoms with Crippen molar-refractivity contribution in [3.05, 3.63) is 53.6 Å². The molecule has 2 N–H and O–H groups in total. The Hall–Kier alpha value is -1.94. The molecule has 0 radical (unpaired) electrons. The Balaban J connectivity index is 2.04. The van der Waals surface area contributed by atoms with Crippen LogP contribution in [0.25, 0.3) is 0 Å². The third kappa shape index (κ3) is 4.03. The van der Waals surface area contributed by atoms with Crippen molar-refractivity contribution in [2.45, 2.75) is 18.7 Å². The summed E-state index contributed by atoms with van der Waals surface area (Å²) in [6.45, 7) is 4.02. The van der Waals surface area contributed by atoms with Gasteiger partial charge in [0.05, 0.1) is 0 Å². The zero-order chi connectivity index (χ0) is 14.5. The van der Waals surface area contributed by atoms with E-state index in [9.17, 15) is 4.79 Å². The maximum Gasteiger partial charge on any atom is 0.323 e. The molecule has 0 unspecified atom stereocenters. The number of benzene rings is 2.